The van der Waals surface area contributed by atoms with E-state index >= 15 is 0 Å². The summed E-state index contributed by atoms with van der Waals surface area (Å²) in [4.78, 5) is 8.90. The Kier molecular flexibility index (Phi) is 4.71. The van der Waals surface area contributed by atoms with Gasteiger partial charge < -0.3 is 5.32 Å². The summed E-state index contributed by atoms with van der Waals surface area (Å²) in [5.41, 5.74) is 4.91. The standard InChI is InChI=1S/C17H20ClN3/c18-10-13-5-4-6-14(9-13)11-19-17-15-7-2-1-3-8-16(15)20-12-21-17/h4-6,9,12H,1-3,7-8,10-11H2,(H,19,20,21). The maximum absolute atomic E-state index is 5.89. The number of fused-ring (bicyclic) bond motifs is 1. The van der Waals surface area contributed by atoms with Crippen molar-refractivity contribution in [2.75, 3.05) is 5.32 Å². The third-order valence-electron chi connectivity index (χ3n) is 3.98. The minimum absolute atomic E-state index is 0.552. The number of anilines is 1. The smallest absolute Gasteiger partial charge is 0.133 e. The van der Waals surface area contributed by atoms with Gasteiger partial charge in [0.15, 0.2) is 0 Å². The summed E-state index contributed by atoms with van der Waals surface area (Å²) in [6, 6.07) is 8.35. The van der Waals surface area contributed by atoms with E-state index in [-0.39, 0.29) is 0 Å². The topological polar surface area (TPSA) is 37.8 Å². The van der Waals surface area contributed by atoms with Crippen molar-refractivity contribution in [2.45, 2.75) is 44.5 Å². The van der Waals surface area contributed by atoms with Crippen molar-refractivity contribution < 1.29 is 0 Å². The summed E-state index contributed by atoms with van der Waals surface area (Å²) < 4.78 is 0. The SMILES string of the molecule is ClCc1cccc(CNc2ncnc3c2CCCCC3)c1. The maximum Gasteiger partial charge on any atom is 0.133 e. The molecule has 0 amide bonds. The molecule has 1 N–H and O–H groups in total. The van der Waals surface area contributed by atoms with Crippen LogP contribution in [0.25, 0.3) is 0 Å². The van der Waals surface area contributed by atoms with Crippen LogP contribution in [0.4, 0.5) is 5.82 Å². The molecule has 0 atom stereocenters. The normalized spacial score (nSPS) is 14.3. The van der Waals surface area contributed by atoms with E-state index in [1.807, 2.05) is 6.07 Å². The number of benzene rings is 1. The van der Waals surface area contributed by atoms with E-state index in [2.05, 4.69) is 33.5 Å². The van der Waals surface area contributed by atoms with Crippen LogP contribution in [0.3, 0.4) is 0 Å². The third-order valence-corrected chi connectivity index (χ3v) is 4.29. The molecule has 0 fully saturated rings. The van der Waals surface area contributed by atoms with Crippen molar-refractivity contribution in [3.8, 4) is 0 Å². The van der Waals surface area contributed by atoms with Gasteiger partial charge in [0.05, 0.1) is 0 Å². The molecule has 0 saturated heterocycles. The molecule has 0 bridgehead atoms. The average molecular weight is 302 g/mol. The zero-order chi connectivity index (χ0) is 14.5. The quantitative estimate of drug-likeness (QED) is 0.682. The van der Waals surface area contributed by atoms with Gasteiger partial charge in [-0.2, -0.15) is 0 Å². The summed E-state index contributed by atoms with van der Waals surface area (Å²) in [5, 5.41) is 3.47. The zero-order valence-electron chi connectivity index (χ0n) is 12.1. The van der Waals surface area contributed by atoms with Gasteiger partial charge in [-0.25, -0.2) is 9.97 Å². The Morgan fingerprint density at radius 2 is 1.90 bits per heavy atom. The zero-order valence-corrected chi connectivity index (χ0v) is 12.9. The van der Waals surface area contributed by atoms with Gasteiger partial charge in [0, 0.05) is 23.7 Å². The predicted molar refractivity (Wildman–Crippen MR) is 86.6 cm³/mol. The van der Waals surface area contributed by atoms with Crippen molar-refractivity contribution in [1.82, 2.24) is 9.97 Å². The Balaban J connectivity index is 1.76. The van der Waals surface area contributed by atoms with E-state index < -0.39 is 0 Å². The number of alkyl halides is 1. The molecule has 4 heteroatoms. The molecule has 110 valence electrons. The van der Waals surface area contributed by atoms with E-state index in [1.54, 1.807) is 6.33 Å². The minimum Gasteiger partial charge on any atom is -0.366 e. The Hall–Kier alpha value is -1.61. The van der Waals surface area contributed by atoms with Gasteiger partial charge >= 0.3 is 0 Å². The molecule has 1 aromatic heterocycles. The molecule has 1 heterocycles. The molecule has 0 spiro atoms. The van der Waals surface area contributed by atoms with Crippen LogP contribution >= 0.6 is 11.6 Å². The first kappa shape index (κ1) is 14.3. The van der Waals surface area contributed by atoms with Crippen molar-refractivity contribution in [3.63, 3.8) is 0 Å². The van der Waals surface area contributed by atoms with Gasteiger partial charge in [-0.1, -0.05) is 30.7 Å². The molecule has 0 radical (unpaired) electrons. The lowest BCUT2D eigenvalue weighted by molar-refractivity contribution is 0.709. The first-order valence-corrected chi connectivity index (χ1v) is 8.10. The highest BCUT2D eigenvalue weighted by Crippen LogP contribution is 2.24. The Labute approximate surface area is 130 Å². The third kappa shape index (κ3) is 3.53. The van der Waals surface area contributed by atoms with Crippen LogP contribution in [0.2, 0.25) is 0 Å². The summed E-state index contributed by atoms with van der Waals surface area (Å²) >= 11 is 5.89. The number of aryl methyl sites for hydroxylation is 1. The molecular weight excluding hydrogens is 282 g/mol. The Morgan fingerprint density at radius 3 is 2.81 bits per heavy atom. The van der Waals surface area contributed by atoms with E-state index in [1.165, 1.54) is 36.1 Å². The number of hydrogen-bond acceptors (Lipinski definition) is 3. The minimum atomic E-state index is 0.552. The summed E-state index contributed by atoms with van der Waals surface area (Å²) in [7, 11) is 0. The molecule has 1 aliphatic rings. The summed E-state index contributed by atoms with van der Waals surface area (Å²) in [6.45, 7) is 0.772. The fourth-order valence-corrected chi connectivity index (χ4v) is 3.03. The highest BCUT2D eigenvalue weighted by Gasteiger charge is 2.14. The molecular formula is C17H20ClN3. The summed E-state index contributed by atoms with van der Waals surface area (Å²) in [5.74, 6) is 1.55. The first-order chi connectivity index (χ1) is 10.4. The van der Waals surface area contributed by atoms with Crippen LogP contribution in [-0.4, -0.2) is 9.97 Å². The predicted octanol–water partition coefficient (Wildman–Crippen LogP) is 4.10. The molecule has 0 unspecified atom stereocenters. The van der Waals surface area contributed by atoms with Crippen LogP contribution in [0.5, 0.6) is 0 Å². The van der Waals surface area contributed by atoms with Crippen molar-refractivity contribution in [1.29, 1.82) is 0 Å². The summed E-state index contributed by atoms with van der Waals surface area (Å²) in [6.07, 6.45) is 7.60. The molecule has 2 aromatic rings. The molecule has 3 rings (SSSR count). The Bertz CT molecular complexity index is 613. The molecule has 0 aliphatic heterocycles. The van der Waals surface area contributed by atoms with Gasteiger partial charge in [-0.05, 0) is 36.8 Å². The second kappa shape index (κ2) is 6.90. The molecule has 1 aromatic carbocycles. The highest BCUT2D eigenvalue weighted by atomic mass is 35.5. The van der Waals surface area contributed by atoms with Crippen molar-refractivity contribution in [2.24, 2.45) is 0 Å². The number of hydrogen-bond donors (Lipinski definition) is 1. The van der Waals surface area contributed by atoms with Crippen LogP contribution in [0, 0.1) is 0 Å². The molecule has 3 nitrogen and oxygen atoms in total. The monoisotopic (exact) mass is 301 g/mol. The van der Waals surface area contributed by atoms with Crippen molar-refractivity contribution in [3.05, 3.63) is 53.0 Å². The number of rotatable bonds is 4. The van der Waals surface area contributed by atoms with Gasteiger partial charge in [0.25, 0.3) is 0 Å². The van der Waals surface area contributed by atoms with Gasteiger partial charge in [0.1, 0.15) is 12.1 Å². The fourth-order valence-electron chi connectivity index (χ4n) is 2.86. The largest absolute Gasteiger partial charge is 0.366 e. The average Bonchev–Trinajstić information content (AvgIpc) is 2.79. The van der Waals surface area contributed by atoms with Crippen LogP contribution in [0.15, 0.2) is 30.6 Å². The van der Waals surface area contributed by atoms with Crippen LogP contribution in [0.1, 0.15) is 41.6 Å². The number of halogens is 1. The second-order valence-corrected chi connectivity index (χ2v) is 5.78. The molecule has 21 heavy (non-hydrogen) atoms. The number of nitrogens with one attached hydrogen (secondary N) is 1. The number of aromatic nitrogens is 2. The lowest BCUT2D eigenvalue weighted by Crippen LogP contribution is -2.08. The van der Waals surface area contributed by atoms with Gasteiger partial charge in [-0.3, -0.25) is 0 Å². The van der Waals surface area contributed by atoms with Crippen molar-refractivity contribution >= 4 is 17.4 Å². The van der Waals surface area contributed by atoms with E-state index in [0.717, 1.165) is 30.8 Å². The Morgan fingerprint density at radius 1 is 1.05 bits per heavy atom. The molecule has 1 aliphatic carbocycles. The van der Waals surface area contributed by atoms with Crippen LogP contribution < -0.4 is 5.32 Å². The fraction of sp³-hybridized carbons (Fsp3) is 0.412. The highest BCUT2D eigenvalue weighted by molar-refractivity contribution is 6.17. The van der Waals surface area contributed by atoms with Gasteiger partial charge in [-0.15, -0.1) is 11.6 Å². The maximum atomic E-state index is 5.89. The van der Waals surface area contributed by atoms with E-state index in [0.29, 0.717) is 5.88 Å². The number of nitrogens with zero attached hydrogens (tertiary/aromatic N) is 2. The lowest BCUT2D eigenvalue weighted by atomic mass is 10.1. The first-order valence-electron chi connectivity index (χ1n) is 7.57. The van der Waals surface area contributed by atoms with E-state index in [9.17, 15) is 0 Å². The van der Waals surface area contributed by atoms with Gasteiger partial charge in [0.2, 0.25) is 0 Å². The lowest BCUT2D eigenvalue weighted by Gasteiger charge is -2.12. The van der Waals surface area contributed by atoms with E-state index in [4.69, 9.17) is 11.6 Å². The second-order valence-electron chi connectivity index (χ2n) is 5.52. The van der Waals surface area contributed by atoms with Crippen LogP contribution in [-0.2, 0) is 25.3 Å². The molecule has 0 saturated carbocycles.